The third kappa shape index (κ3) is 3.40. The lowest BCUT2D eigenvalue weighted by Crippen LogP contribution is -2.55. The van der Waals surface area contributed by atoms with Gasteiger partial charge in [-0.1, -0.05) is 18.3 Å². The number of hydrogen-bond donors (Lipinski definition) is 2. The van der Waals surface area contributed by atoms with E-state index in [4.69, 9.17) is 5.73 Å². The van der Waals surface area contributed by atoms with Gasteiger partial charge in [-0.3, -0.25) is 4.79 Å². The van der Waals surface area contributed by atoms with Crippen molar-refractivity contribution < 1.29 is 4.79 Å². The number of amides is 1. The summed E-state index contributed by atoms with van der Waals surface area (Å²) in [6, 6.07) is 0. The van der Waals surface area contributed by atoms with Crippen LogP contribution in [0, 0.1) is 5.92 Å². The van der Waals surface area contributed by atoms with Crippen LogP contribution < -0.4 is 11.1 Å². The number of halogens is 1. The van der Waals surface area contributed by atoms with Crippen molar-refractivity contribution in [3.05, 3.63) is 11.1 Å². The largest absolute Gasteiger partial charge is 0.344 e. The molecule has 1 aromatic heterocycles. The first-order chi connectivity index (χ1) is 6.99. The molecule has 16 heavy (non-hydrogen) atoms. The molecule has 1 atom stereocenters. The summed E-state index contributed by atoms with van der Waals surface area (Å²) in [5.41, 5.74) is 5.61. The SMILES string of the molecule is CC(C)C(C)(CN)NC(=O)c1csnn1.Cl. The maximum absolute atomic E-state index is 11.7. The topological polar surface area (TPSA) is 80.9 Å². The molecule has 0 aliphatic rings. The molecule has 0 aliphatic heterocycles. The average molecular weight is 265 g/mol. The Labute approximate surface area is 105 Å². The number of aromatic nitrogens is 2. The molecule has 0 aliphatic carbocycles. The Morgan fingerprint density at radius 3 is 2.69 bits per heavy atom. The molecule has 0 saturated carbocycles. The molecular formula is C9H17ClN4OS. The van der Waals surface area contributed by atoms with Gasteiger partial charge in [0.05, 0.1) is 5.54 Å². The fraction of sp³-hybridized carbons (Fsp3) is 0.667. The molecule has 0 radical (unpaired) electrons. The summed E-state index contributed by atoms with van der Waals surface area (Å²) in [5.74, 6) is 0.0449. The van der Waals surface area contributed by atoms with E-state index in [2.05, 4.69) is 14.9 Å². The zero-order valence-electron chi connectivity index (χ0n) is 9.56. The summed E-state index contributed by atoms with van der Waals surface area (Å²) < 4.78 is 3.64. The van der Waals surface area contributed by atoms with Crippen molar-refractivity contribution >= 4 is 29.8 Å². The highest BCUT2D eigenvalue weighted by atomic mass is 35.5. The van der Waals surface area contributed by atoms with Crippen molar-refractivity contribution in [1.29, 1.82) is 0 Å². The first-order valence-electron chi connectivity index (χ1n) is 4.79. The Morgan fingerprint density at radius 2 is 2.31 bits per heavy atom. The fourth-order valence-corrected chi connectivity index (χ4v) is 1.45. The van der Waals surface area contributed by atoms with Gasteiger partial charge in [0.1, 0.15) is 0 Å². The molecule has 1 unspecified atom stereocenters. The van der Waals surface area contributed by atoms with Crippen molar-refractivity contribution in [2.24, 2.45) is 11.7 Å². The molecule has 0 saturated heterocycles. The first kappa shape index (κ1) is 15.3. The van der Waals surface area contributed by atoms with Crippen LogP contribution in [-0.2, 0) is 0 Å². The molecule has 7 heteroatoms. The van der Waals surface area contributed by atoms with Crippen LogP contribution in [0.1, 0.15) is 31.3 Å². The molecule has 0 spiro atoms. The van der Waals surface area contributed by atoms with Gasteiger partial charge in [0.2, 0.25) is 0 Å². The highest BCUT2D eigenvalue weighted by molar-refractivity contribution is 7.03. The number of carbonyl (C=O) groups is 1. The summed E-state index contributed by atoms with van der Waals surface area (Å²) in [6.45, 7) is 6.36. The van der Waals surface area contributed by atoms with E-state index in [0.717, 1.165) is 11.5 Å². The van der Waals surface area contributed by atoms with E-state index in [1.807, 2.05) is 20.8 Å². The molecular weight excluding hydrogens is 248 g/mol. The fourth-order valence-electron chi connectivity index (χ4n) is 1.02. The van der Waals surface area contributed by atoms with Crippen molar-refractivity contribution in [3.8, 4) is 0 Å². The highest BCUT2D eigenvalue weighted by Gasteiger charge is 2.29. The van der Waals surface area contributed by atoms with Crippen LogP contribution in [0.25, 0.3) is 0 Å². The van der Waals surface area contributed by atoms with E-state index in [1.54, 1.807) is 5.38 Å². The van der Waals surface area contributed by atoms with Crippen molar-refractivity contribution in [1.82, 2.24) is 14.9 Å². The lowest BCUT2D eigenvalue weighted by molar-refractivity contribution is 0.0878. The zero-order chi connectivity index (χ0) is 11.5. The highest BCUT2D eigenvalue weighted by Crippen LogP contribution is 2.15. The lowest BCUT2D eigenvalue weighted by Gasteiger charge is -2.33. The van der Waals surface area contributed by atoms with Gasteiger partial charge < -0.3 is 11.1 Å². The van der Waals surface area contributed by atoms with Crippen LogP contribution in [0.2, 0.25) is 0 Å². The Bertz CT molecular complexity index is 330. The second kappa shape index (κ2) is 6.12. The maximum Gasteiger partial charge on any atom is 0.273 e. The first-order valence-corrected chi connectivity index (χ1v) is 5.63. The molecule has 1 aromatic rings. The summed E-state index contributed by atoms with van der Waals surface area (Å²) in [6.07, 6.45) is 0. The molecule has 92 valence electrons. The second-order valence-electron chi connectivity index (χ2n) is 4.02. The summed E-state index contributed by atoms with van der Waals surface area (Å²) in [4.78, 5) is 11.7. The Hall–Kier alpha value is -0.720. The monoisotopic (exact) mass is 264 g/mol. The number of nitrogens with two attached hydrogens (primary N) is 1. The molecule has 1 heterocycles. The summed E-state index contributed by atoms with van der Waals surface area (Å²) >= 11 is 1.16. The average Bonchev–Trinajstić information content (AvgIpc) is 2.70. The molecule has 3 N–H and O–H groups in total. The van der Waals surface area contributed by atoms with Gasteiger partial charge in [0, 0.05) is 11.9 Å². The van der Waals surface area contributed by atoms with Gasteiger partial charge >= 0.3 is 0 Å². The van der Waals surface area contributed by atoms with Crippen molar-refractivity contribution in [2.75, 3.05) is 6.54 Å². The third-order valence-corrected chi connectivity index (χ3v) is 3.19. The lowest BCUT2D eigenvalue weighted by atomic mass is 9.88. The number of carbonyl (C=O) groups excluding carboxylic acids is 1. The normalized spacial score (nSPS) is 14.1. The van der Waals surface area contributed by atoms with Gasteiger partial charge in [-0.2, -0.15) is 0 Å². The van der Waals surface area contributed by atoms with Gasteiger partial charge in [-0.15, -0.1) is 17.5 Å². The molecule has 5 nitrogen and oxygen atoms in total. The Morgan fingerprint density at radius 1 is 1.69 bits per heavy atom. The van der Waals surface area contributed by atoms with Crippen molar-refractivity contribution in [3.63, 3.8) is 0 Å². The molecule has 0 fully saturated rings. The van der Waals surface area contributed by atoms with Crippen molar-refractivity contribution in [2.45, 2.75) is 26.3 Å². The zero-order valence-corrected chi connectivity index (χ0v) is 11.2. The van der Waals surface area contributed by atoms with Crippen LogP contribution >= 0.6 is 23.9 Å². The molecule has 0 aromatic carbocycles. The Balaban J connectivity index is 0.00000225. The summed E-state index contributed by atoms with van der Waals surface area (Å²) in [5, 5.41) is 8.21. The molecule has 0 bridgehead atoms. The van der Waals surface area contributed by atoms with Gasteiger partial charge in [0.25, 0.3) is 5.91 Å². The van der Waals surface area contributed by atoms with Crippen LogP contribution in [0.5, 0.6) is 0 Å². The maximum atomic E-state index is 11.7. The summed E-state index contributed by atoms with van der Waals surface area (Å²) in [7, 11) is 0. The molecule has 1 amide bonds. The standard InChI is InChI=1S/C9H16N4OS.ClH/c1-6(2)9(3,5-10)11-8(14)7-4-15-13-12-7;/h4,6H,5,10H2,1-3H3,(H,11,14);1H. The minimum Gasteiger partial charge on any atom is -0.344 e. The number of rotatable bonds is 4. The van der Waals surface area contributed by atoms with E-state index in [0.29, 0.717) is 12.2 Å². The van der Waals surface area contributed by atoms with Crippen LogP contribution in [0.15, 0.2) is 5.38 Å². The third-order valence-electron chi connectivity index (χ3n) is 2.69. The van der Waals surface area contributed by atoms with Gasteiger partial charge in [-0.05, 0) is 24.4 Å². The second-order valence-corrected chi connectivity index (χ2v) is 4.63. The number of nitrogens with zero attached hydrogens (tertiary/aromatic N) is 2. The van der Waals surface area contributed by atoms with E-state index in [1.165, 1.54) is 0 Å². The minimum atomic E-state index is -0.402. The number of hydrogen-bond acceptors (Lipinski definition) is 5. The van der Waals surface area contributed by atoms with Crippen LogP contribution in [0.3, 0.4) is 0 Å². The van der Waals surface area contributed by atoms with Gasteiger partial charge in [0.15, 0.2) is 5.69 Å². The van der Waals surface area contributed by atoms with Crippen LogP contribution in [0.4, 0.5) is 0 Å². The minimum absolute atomic E-state index is 0. The Kier molecular flexibility index (Phi) is 5.85. The van der Waals surface area contributed by atoms with E-state index in [-0.39, 0.29) is 24.2 Å². The number of nitrogens with one attached hydrogen (secondary N) is 1. The quantitative estimate of drug-likeness (QED) is 0.852. The van der Waals surface area contributed by atoms with Gasteiger partial charge in [-0.25, -0.2) is 0 Å². The van der Waals surface area contributed by atoms with Crippen LogP contribution in [-0.4, -0.2) is 27.6 Å². The van der Waals surface area contributed by atoms with E-state index < -0.39 is 5.54 Å². The molecule has 1 rings (SSSR count). The van der Waals surface area contributed by atoms with E-state index >= 15 is 0 Å². The predicted octanol–water partition coefficient (Wildman–Crippen LogP) is 1.06. The smallest absolute Gasteiger partial charge is 0.273 e. The van der Waals surface area contributed by atoms with E-state index in [9.17, 15) is 4.79 Å². The predicted molar refractivity (Wildman–Crippen MR) is 66.9 cm³/mol.